The molecule has 2 aromatic rings. The summed E-state index contributed by atoms with van der Waals surface area (Å²) < 4.78 is 12.0. The SMILES string of the molecule is CC(C)(C)OC(=O)Nc1sc2cccc([B]OC(C)(C)C(C)(C)O)c2c1C#N. The molecular weight excluding hydrogens is 375 g/mol. The van der Waals surface area contributed by atoms with Gasteiger partial charge in [0.1, 0.15) is 16.7 Å². The highest BCUT2D eigenvalue weighted by Gasteiger charge is 2.36. The van der Waals surface area contributed by atoms with E-state index in [1.165, 1.54) is 11.3 Å². The summed E-state index contributed by atoms with van der Waals surface area (Å²) in [4.78, 5) is 12.1. The molecule has 0 atom stereocenters. The summed E-state index contributed by atoms with van der Waals surface area (Å²) in [5, 5.41) is 23.8. The molecule has 1 heterocycles. The van der Waals surface area contributed by atoms with Crippen LogP contribution in [0.4, 0.5) is 9.80 Å². The summed E-state index contributed by atoms with van der Waals surface area (Å²) in [5.41, 5.74) is -1.49. The van der Waals surface area contributed by atoms with Crippen LogP contribution >= 0.6 is 11.3 Å². The van der Waals surface area contributed by atoms with Crippen molar-refractivity contribution in [3.8, 4) is 6.07 Å². The van der Waals surface area contributed by atoms with E-state index in [2.05, 4.69) is 11.4 Å². The van der Waals surface area contributed by atoms with Crippen LogP contribution in [-0.2, 0) is 9.39 Å². The van der Waals surface area contributed by atoms with Gasteiger partial charge in [-0.15, -0.1) is 11.3 Å². The van der Waals surface area contributed by atoms with E-state index in [-0.39, 0.29) is 0 Å². The number of thiophene rings is 1. The Morgan fingerprint density at radius 1 is 1.21 bits per heavy atom. The highest BCUT2D eigenvalue weighted by atomic mass is 32.1. The molecule has 1 radical (unpaired) electrons. The number of amides is 1. The van der Waals surface area contributed by atoms with Crippen molar-refractivity contribution in [3.63, 3.8) is 0 Å². The van der Waals surface area contributed by atoms with Gasteiger partial charge >= 0.3 is 13.6 Å². The lowest BCUT2D eigenvalue weighted by Gasteiger charge is -2.37. The van der Waals surface area contributed by atoms with E-state index < -0.39 is 22.9 Å². The second-order valence-electron chi connectivity index (χ2n) is 8.57. The maximum absolute atomic E-state index is 12.1. The molecular formula is C20H26BN2O4S. The van der Waals surface area contributed by atoms with Gasteiger partial charge in [0.2, 0.25) is 0 Å². The third-order valence-corrected chi connectivity index (χ3v) is 5.50. The summed E-state index contributed by atoms with van der Waals surface area (Å²) in [6, 6.07) is 7.72. The number of benzene rings is 1. The molecule has 28 heavy (non-hydrogen) atoms. The molecule has 149 valence electrons. The number of rotatable bonds is 5. The van der Waals surface area contributed by atoms with E-state index in [1.807, 2.05) is 18.2 Å². The number of carbonyl (C=O) groups is 1. The van der Waals surface area contributed by atoms with Crippen molar-refractivity contribution in [2.45, 2.75) is 65.3 Å². The van der Waals surface area contributed by atoms with Crippen LogP contribution in [0.25, 0.3) is 10.1 Å². The number of hydrogen-bond donors (Lipinski definition) is 2. The molecule has 0 aliphatic heterocycles. The Labute approximate surface area is 170 Å². The summed E-state index contributed by atoms with van der Waals surface area (Å²) >= 11 is 1.30. The predicted octanol–water partition coefficient (Wildman–Crippen LogP) is 3.93. The number of nitrogens with zero attached hydrogens (tertiary/aromatic N) is 1. The molecule has 1 aromatic heterocycles. The van der Waals surface area contributed by atoms with Gasteiger partial charge in [0.25, 0.3) is 0 Å². The summed E-state index contributed by atoms with van der Waals surface area (Å²) in [7, 11) is 1.55. The Morgan fingerprint density at radius 2 is 1.86 bits per heavy atom. The maximum atomic E-state index is 12.1. The molecule has 2 rings (SSSR count). The Bertz CT molecular complexity index is 917. The first-order chi connectivity index (χ1) is 12.7. The van der Waals surface area contributed by atoms with Crippen LogP contribution < -0.4 is 10.8 Å². The number of aliphatic hydroxyl groups is 1. The zero-order chi connectivity index (χ0) is 21.3. The number of nitriles is 1. The van der Waals surface area contributed by atoms with Crippen LogP contribution in [0.1, 0.15) is 54.0 Å². The number of nitrogens with one attached hydrogen (secondary N) is 1. The van der Waals surface area contributed by atoms with Gasteiger partial charge in [-0.2, -0.15) is 5.26 Å². The number of fused-ring (bicyclic) bond motifs is 1. The number of hydrogen-bond acceptors (Lipinski definition) is 6. The Morgan fingerprint density at radius 3 is 2.39 bits per heavy atom. The molecule has 1 amide bonds. The Balaban J connectivity index is 2.37. The smallest absolute Gasteiger partial charge is 0.412 e. The molecule has 0 bridgehead atoms. The number of ether oxygens (including phenoxy) is 1. The molecule has 0 fully saturated rings. The monoisotopic (exact) mass is 401 g/mol. The van der Waals surface area contributed by atoms with Crippen LogP contribution in [0.3, 0.4) is 0 Å². The number of anilines is 1. The Hall–Kier alpha value is -2.08. The average molecular weight is 401 g/mol. The minimum Gasteiger partial charge on any atom is -0.444 e. The standard InChI is InChI=1S/C20H26BN2O4S/c1-18(2,3)26-17(24)23-16-12(11-22)15-13(9-8-10-14(15)28-16)21-27-20(6,7)19(4,5)25/h8-10,25H,1-7H3,(H,23,24). The molecule has 0 spiro atoms. The van der Waals surface area contributed by atoms with Crippen LogP contribution in [0, 0.1) is 11.3 Å². The van der Waals surface area contributed by atoms with Crippen LogP contribution in [0.2, 0.25) is 0 Å². The van der Waals surface area contributed by atoms with E-state index in [0.717, 1.165) is 4.70 Å². The van der Waals surface area contributed by atoms with Gasteiger partial charge in [0.05, 0.1) is 16.8 Å². The zero-order valence-electron chi connectivity index (χ0n) is 17.3. The van der Waals surface area contributed by atoms with Crippen LogP contribution in [0.15, 0.2) is 18.2 Å². The highest BCUT2D eigenvalue weighted by Crippen LogP contribution is 2.35. The zero-order valence-corrected chi connectivity index (χ0v) is 18.2. The van der Waals surface area contributed by atoms with Gasteiger partial charge in [0.15, 0.2) is 0 Å². The lowest BCUT2D eigenvalue weighted by molar-refractivity contribution is -0.0893. The topological polar surface area (TPSA) is 91.6 Å². The van der Waals surface area contributed by atoms with Gasteiger partial charge in [-0.1, -0.05) is 12.1 Å². The fourth-order valence-electron chi connectivity index (χ4n) is 2.22. The van der Waals surface area contributed by atoms with Crippen molar-refractivity contribution in [2.24, 2.45) is 0 Å². The van der Waals surface area contributed by atoms with Crippen molar-refractivity contribution in [2.75, 3.05) is 5.32 Å². The summed E-state index contributed by atoms with van der Waals surface area (Å²) in [6.45, 7) is 12.3. The average Bonchev–Trinajstić information content (AvgIpc) is 2.87. The molecule has 8 heteroatoms. The highest BCUT2D eigenvalue weighted by molar-refractivity contribution is 7.23. The fourth-order valence-corrected chi connectivity index (χ4v) is 3.29. The first kappa shape index (κ1) is 22.2. The lowest BCUT2D eigenvalue weighted by atomic mass is 9.80. The van der Waals surface area contributed by atoms with Crippen molar-refractivity contribution >= 4 is 45.5 Å². The van der Waals surface area contributed by atoms with Crippen LogP contribution in [-0.4, -0.2) is 35.5 Å². The van der Waals surface area contributed by atoms with E-state index in [4.69, 9.17) is 9.39 Å². The first-order valence-electron chi connectivity index (χ1n) is 8.94. The molecule has 0 aliphatic rings. The molecule has 0 unspecified atom stereocenters. The minimum absolute atomic E-state index is 0.349. The van der Waals surface area contributed by atoms with Crippen molar-refractivity contribution in [1.82, 2.24) is 0 Å². The predicted molar refractivity (Wildman–Crippen MR) is 113 cm³/mol. The van der Waals surface area contributed by atoms with E-state index in [9.17, 15) is 15.2 Å². The first-order valence-corrected chi connectivity index (χ1v) is 9.76. The van der Waals surface area contributed by atoms with Crippen molar-refractivity contribution in [1.29, 1.82) is 5.26 Å². The molecule has 0 aliphatic carbocycles. The van der Waals surface area contributed by atoms with Crippen molar-refractivity contribution < 1.29 is 19.3 Å². The maximum Gasteiger partial charge on any atom is 0.412 e. The Kier molecular flexibility index (Phi) is 6.14. The van der Waals surface area contributed by atoms with Gasteiger partial charge in [-0.3, -0.25) is 5.32 Å². The van der Waals surface area contributed by atoms with Gasteiger partial charge < -0.3 is 14.5 Å². The molecule has 1 aromatic carbocycles. The van der Waals surface area contributed by atoms with Gasteiger partial charge in [-0.25, -0.2) is 4.79 Å². The largest absolute Gasteiger partial charge is 0.444 e. The normalized spacial score (nSPS) is 12.5. The van der Waals surface area contributed by atoms with Crippen LogP contribution in [0.5, 0.6) is 0 Å². The summed E-state index contributed by atoms with van der Waals surface area (Å²) in [6.07, 6.45) is -0.611. The molecule has 2 N–H and O–H groups in total. The molecule has 6 nitrogen and oxygen atoms in total. The van der Waals surface area contributed by atoms with E-state index >= 15 is 0 Å². The second kappa shape index (κ2) is 7.74. The number of carbonyl (C=O) groups excluding carboxylic acids is 1. The summed E-state index contributed by atoms with van der Waals surface area (Å²) in [5.74, 6) is 0. The van der Waals surface area contributed by atoms with Gasteiger partial charge in [-0.05, 0) is 60.0 Å². The second-order valence-corrected chi connectivity index (χ2v) is 9.62. The quantitative estimate of drug-likeness (QED) is 0.741. The fraction of sp³-hybridized carbons (Fsp3) is 0.500. The lowest BCUT2D eigenvalue weighted by Crippen LogP contribution is -2.49. The third kappa shape index (κ3) is 5.04. The van der Waals surface area contributed by atoms with E-state index in [1.54, 1.807) is 55.9 Å². The van der Waals surface area contributed by atoms with Crippen molar-refractivity contribution in [3.05, 3.63) is 23.8 Å². The van der Waals surface area contributed by atoms with E-state index in [0.29, 0.717) is 21.4 Å². The molecule has 0 saturated carbocycles. The molecule has 0 saturated heterocycles. The third-order valence-electron chi connectivity index (χ3n) is 4.43. The minimum atomic E-state index is -1.06. The van der Waals surface area contributed by atoms with Gasteiger partial charge in [0, 0.05) is 10.1 Å².